The molecule has 0 spiro atoms. The first kappa shape index (κ1) is 21.3. The molecule has 5 aromatic carbocycles. The lowest BCUT2D eigenvalue weighted by Gasteiger charge is -2.26. The number of para-hydroxylation sites is 3. The lowest BCUT2D eigenvalue weighted by atomic mass is 10.0. The van der Waals surface area contributed by atoms with E-state index in [1.54, 1.807) is 0 Å². The van der Waals surface area contributed by atoms with Crippen LogP contribution in [-0.2, 0) is 0 Å². The van der Waals surface area contributed by atoms with Gasteiger partial charge < -0.3 is 9.30 Å². The number of pyridine rings is 2. The first-order valence-electron chi connectivity index (χ1n) is 12.3. The zero-order valence-corrected chi connectivity index (χ0v) is 20.2. The Morgan fingerprint density at radius 3 is 1.70 bits per heavy atom. The molecule has 0 radical (unpaired) electrons. The molecule has 0 N–H and O–H groups in total. The van der Waals surface area contributed by atoms with Gasteiger partial charge in [0.2, 0.25) is 0 Å². The number of aryl methyl sites for hydroxylation is 1. The second kappa shape index (κ2) is 8.04. The number of hydrogen-bond donors (Lipinski definition) is 0. The summed E-state index contributed by atoms with van der Waals surface area (Å²) >= 11 is 0. The van der Waals surface area contributed by atoms with Crippen molar-refractivity contribution in [1.29, 1.82) is 0 Å². The van der Waals surface area contributed by atoms with Gasteiger partial charge in [-0.25, -0.2) is 0 Å². The minimum atomic E-state index is -0.0682. The van der Waals surface area contributed by atoms with Crippen molar-refractivity contribution in [1.82, 2.24) is 4.40 Å². The molecule has 4 heteroatoms. The highest BCUT2D eigenvalue weighted by atomic mass is 16.1. The van der Waals surface area contributed by atoms with Crippen LogP contribution in [0.5, 0.6) is 0 Å². The molecule has 0 amide bonds. The third-order valence-corrected chi connectivity index (χ3v) is 7.11. The van der Waals surface area contributed by atoms with Gasteiger partial charge in [0, 0.05) is 38.6 Å². The Bertz CT molecular complexity index is 2040. The highest BCUT2D eigenvalue weighted by Gasteiger charge is 2.19. The topological polar surface area (TPSA) is 41.8 Å². The molecule has 0 unspecified atom stereocenters. The van der Waals surface area contributed by atoms with Crippen LogP contribution in [0.25, 0.3) is 38.1 Å². The van der Waals surface area contributed by atoms with Gasteiger partial charge in [-0.3, -0.25) is 9.59 Å². The highest BCUT2D eigenvalue weighted by molar-refractivity contribution is 6.08. The Kier molecular flexibility index (Phi) is 4.63. The third kappa shape index (κ3) is 3.16. The van der Waals surface area contributed by atoms with Crippen LogP contribution in [0, 0.1) is 6.92 Å². The lowest BCUT2D eigenvalue weighted by molar-refractivity contribution is 1.27. The van der Waals surface area contributed by atoms with Crippen LogP contribution in [0.2, 0.25) is 0 Å². The highest BCUT2D eigenvalue weighted by Crippen LogP contribution is 2.36. The summed E-state index contributed by atoms with van der Waals surface area (Å²) in [5.74, 6) is 0. The average Bonchev–Trinajstić information content (AvgIpc) is 2.94. The van der Waals surface area contributed by atoms with Crippen molar-refractivity contribution in [3.8, 4) is 0 Å². The first-order valence-corrected chi connectivity index (χ1v) is 12.3. The number of aromatic nitrogens is 1. The quantitative estimate of drug-likeness (QED) is 0.197. The van der Waals surface area contributed by atoms with Crippen LogP contribution < -0.4 is 15.8 Å². The number of hydrogen-bond acceptors (Lipinski definition) is 3. The van der Waals surface area contributed by atoms with E-state index >= 15 is 0 Å². The second-order valence-corrected chi connectivity index (χ2v) is 9.43. The molecule has 7 rings (SSSR count). The summed E-state index contributed by atoms with van der Waals surface area (Å²) in [4.78, 5) is 29.6. The van der Waals surface area contributed by atoms with Crippen LogP contribution in [0.3, 0.4) is 0 Å². The van der Waals surface area contributed by atoms with Crippen molar-refractivity contribution in [2.24, 2.45) is 0 Å². The molecule has 0 fully saturated rings. The molecule has 0 saturated carbocycles. The van der Waals surface area contributed by atoms with Gasteiger partial charge in [0.1, 0.15) is 0 Å². The van der Waals surface area contributed by atoms with Crippen LogP contribution in [0.15, 0.2) is 125 Å². The maximum Gasteiger partial charge on any atom is 0.197 e. The van der Waals surface area contributed by atoms with E-state index < -0.39 is 0 Å². The molecule has 2 heterocycles. The van der Waals surface area contributed by atoms with Crippen LogP contribution in [0.1, 0.15) is 5.56 Å². The van der Waals surface area contributed by atoms with Crippen LogP contribution >= 0.6 is 0 Å². The van der Waals surface area contributed by atoms with Gasteiger partial charge in [-0.15, -0.1) is 0 Å². The summed E-state index contributed by atoms with van der Waals surface area (Å²) < 4.78 is 2.08. The van der Waals surface area contributed by atoms with E-state index in [1.807, 2.05) is 97.9 Å². The van der Waals surface area contributed by atoms with Gasteiger partial charge in [-0.2, -0.15) is 0 Å². The number of benzene rings is 5. The summed E-state index contributed by atoms with van der Waals surface area (Å²) in [6.45, 7) is 1.93. The predicted molar refractivity (Wildman–Crippen MR) is 153 cm³/mol. The van der Waals surface area contributed by atoms with Crippen molar-refractivity contribution in [3.05, 3.63) is 141 Å². The maximum atomic E-state index is 14.0. The zero-order chi connectivity index (χ0) is 25.1. The van der Waals surface area contributed by atoms with Crippen molar-refractivity contribution in [3.63, 3.8) is 0 Å². The third-order valence-electron chi connectivity index (χ3n) is 7.11. The fourth-order valence-corrected chi connectivity index (χ4v) is 5.53. The summed E-state index contributed by atoms with van der Waals surface area (Å²) in [7, 11) is 0. The van der Waals surface area contributed by atoms with Crippen molar-refractivity contribution >= 4 is 55.2 Å². The molecule has 4 nitrogen and oxygen atoms in total. The van der Waals surface area contributed by atoms with E-state index in [9.17, 15) is 9.59 Å². The predicted octanol–water partition coefficient (Wildman–Crippen LogP) is 7.34. The van der Waals surface area contributed by atoms with E-state index in [1.165, 1.54) is 0 Å². The molecule has 2 aromatic heterocycles. The molecule has 0 atom stereocenters. The standard InChI is InChI=1S/C33H22N2O2/c1-21-18-27-31-28(19-21)33(37)26-20-24(34(22-10-4-2-5-11-22)23-12-6-3-7-13-23)16-17-30(26)35(31)29-15-9-8-14-25(29)32(27)36/h2-20H,1H3. The van der Waals surface area contributed by atoms with E-state index in [0.717, 1.165) is 33.7 Å². The first-order chi connectivity index (χ1) is 18.1. The van der Waals surface area contributed by atoms with Gasteiger partial charge >= 0.3 is 0 Å². The smallest absolute Gasteiger partial charge is 0.197 e. The van der Waals surface area contributed by atoms with Crippen molar-refractivity contribution in [2.75, 3.05) is 4.90 Å². The number of nitrogens with zero attached hydrogens (tertiary/aromatic N) is 2. The minimum absolute atomic E-state index is 0.0426. The molecular weight excluding hydrogens is 456 g/mol. The van der Waals surface area contributed by atoms with E-state index in [4.69, 9.17) is 0 Å². The molecule has 7 aromatic rings. The van der Waals surface area contributed by atoms with E-state index in [2.05, 4.69) is 33.6 Å². The fourth-order valence-electron chi connectivity index (χ4n) is 5.53. The second-order valence-electron chi connectivity index (χ2n) is 9.43. The van der Waals surface area contributed by atoms with Gasteiger partial charge in [-0.1, -0.05) is 48.5 Å². The summed E-state index contributed by atoms with van der Waals surface area (Å²) in [6.07, 6.45) is 0. The minimum Gasteiger partial charge on any atom is -0.310 e. The maximum absolute atomic E-state index is 14.0. The zero-order valence-electron chi connectivity index (χ0n) is 20.2. The largest absolute Gasteiger partial charge is 0.310 e. The molecule has 37 heavy (non-hydrogen) atoms. The Labute approximate surface area is 212 Å². The SMILES string of the molecule is Cc1cc2c(=O)c3ccccc3n3c4ccc(N(c5ccccc5)c5ccccc5)cc4c(=O)c(c1)c23. The Morgan fingerprint density at radius 1 is 0.514 bits per heavy atom. The number of fused-ring (bicyclic) bond motifs is 4. The number of anilines is 3. The Balaban J connectivity index is 1.63. The number of rotatable bonds is 3. The normalized spacial score (nSPS) is 11.6. The summed E-state index contributed by atoms with van der Waals surface area (Å²) in [5.41, 5.74) is 5.95. The average molecular weight is 479 g/mol. The van der Waals surface area contributed by atoms with Crippen LogP contribution in [0.4, 0.5) is 17.1 Å². The van der Waals surface area contributed by atoms with Gasteiger partial charge in [0.25, 0.3) is 0 Å². The fraction of sp³-hybridized carbons (Fsp3) is 0.0303. The van der Waals surface area contributed by atoms with Gasteiger partial charge in [0.15, 0.2) is 10.9 Å². The molecule has 0 aliphatic carbocycles. The van der Waals surface area contributed by atoms with Crippen molar-refractivity contribution < 1.29 is 0 Å². The Hall–Kier alpha value is -4.96. The molecule has 0 saturated heterocycles. The lowest BCUT2D eigenvalue weighted by Crippen LogP contribution is -2.15. The van der Waals surface area contributed by atoms with Crippen molar-refractivity contribution in [2.45, 2.75) is 6.92 Å². The summed E-state index contributed by atoms with van der Waals surface area (Å²) in [6, 6.07) is 37.7. The molecule has 0 aliphatic rings. The van der Waals surface area contributed by atoms with E-state index in [-0.39, 0.29) is 10.9 Å². The molecular formula is C33H22N2O2. The molecule has 0 aliphatic heterocycles. The molecule has 0 bridgehead atoms. The molecule has 176 valence electrons. The van der Waals surface area contributed by atoms with E-state index in [0.29, 0.717) is 27.1 Å². The Morgan fingerprint density at radius 2 is 1.05 bits per heavy atom. The van der Waals surface area contributed by atoms with Gasteiger partial charge in [-0.05, 0) is 79.2 Å². The monoisotopic (exact) mass is 478 g/mol. The summed E-state index contributed by atoms with van der Waals surface area (Å²) in [5, 5.41) is 2.40. The van der Waals surface area contributed by atoms with Gasteiger partial charge in [0.05, 0.1) is 16.6 Å². The van der Waals surface area contributed by atoms with Crippen LogP contribution in [-0.4, -0.2) is 4.40 Å².